The van der Waals surface area contributed by atoms with Gasteiger partial charge in [0.25, 0.3) is 0 Å². The molecular weight excluding hydrogens is 352 g/mol. The lowest BCUT2D eigenvalue weighted by Gasteiger charge is -2.23. The minimum absolute atomic E-state index is 0.171. The fourth-order valence-corrected chi connectivity index (χ4v) is 3.68. The van der Waals surface area contributed by atoms with Crippen LogP contribution in [0, 0.1) is 6.92 Å². The molecular formula is C23H30N2O3. The second-order valence-electron chi connectivity index (χ2n) is 7.30. The monoisotopic (exact) mass is 382 g/mol. The molecule has 3 rings (SSSR count). The molecule has 150 valence electrons. The number of rotatable bonds is 6. The number of nitrogens with zero attached hydrogens (tertiary/aromatic N) is 2. The molecule has 0 atom stereocenters. The van der Waals surface area contributed by atoms with Crippen LogP contribution in [-0.4, -0.2) is 56.1 Å². The lowest BCUT2D eigenvalue weighted by Crippen LogP contribution is -2.36. The van der Waals surface area contributed by atoms with Crippen LogP contribution in [0.4, 0.5) is 0 Å². The Balaban J connectivity index is 1.58. The third-order valence-corrected chi connectivity index (χ3v) is 5.40. The molecule has 1 aliphatic heterocycles. The maximum Gasteiger partial charge on any atom is 0.227 e. The smallest absolute Gasteiger partial charge is 0.227 e. The maximum atomic E-state index is 12.8. The lowest BCUT2D eigenvalue weighted by molar-refractivity contribution is -0.130. The van der Waals surface area contributed by atoms with Crippen molar-refractivity contribution < 1.29 is 14.3 Å². The van der Waals surface area contributed by atoms with E-state index in [-0.39, 0.29) is 5.91 Å². The highest BCUT2D eigenvalue weighted by Gasteiger charge is 2.20. The summed E-state index contributed by atoms with van der Waals surface area (Å²) >= 11 is 0. The van der Waals surface area contributed by atoms with E-state index in [4.69, 9.17) is 9.47 Å². The molecule has 0 spiro atoms. The Hall–Kier alpha value is -2.53. The summed E-state index contributed by atoms with van der Waals surface area (Å²) in [7, 11) is 3.23. The van der Waals surface area contributed by atoms with E-state index in [9.17, 15) is 4.79 Å². The molecule has 0 radical (unpaired) electrons. The highest BCUT2D eigenvalue weighted by Crippen LogP contribution is 2.28. The van der Waals surface area contributed by atoms with Crippen LogP contribution in [0.2, 0.25) is 0 Å². The van der Waals surface area contributed by atoms with Crippen LogP contribution in [0.1, 0.15) is 23.1 Å². The van der Waals surface area contributed by atoms with E-state index in [1.54, 1.807) is 14.2 Å². The van der Waals surface area contributed by atoms with Gasteiger partial charge in [0.2, 0.25) is 5.91 Å². The van der Waals surface area contributed by atoms with Gasteiger partial charge in [0.15, 0.2) is 11.5 Å². The molecule has 2 aromatic rings. The Morgan fingerprint density at radius 2 is 1.75 bits per heavy atom. The predicted molar refractivity (Wildman–Crippen MR) is 111 cm³/mol. The van der Waals surface area contributed by atoms with Crippen molar-refractivity contribution >= 4 is 5.91 Å². The molecule has 5 heteroatoms. The first-order valence-electron chi connectivity index (χ1n) is 9.86. The summed E-state index contributed by atoms with van der Waals surface area (Å²) in [5, 5.41) is 0. The largest absolute Gasteiger partial charge is 0.493 e. The minimum Gasteiger partial charge on any atom is -0.493 e. The number of benzene rings is 2. The van der Waals surface area contributed by atoms with Crippen molar-refractivity contribution in [3.63, 3.8) is 0 Å². The van der Waals surface area contributed by atoms with Gasteiger partial charge in [0.1, 0.15) is 0 Å². The van der Waals surface area contributed by atoms with Crippen molar-refractivity contribution in [1.82, 2.24) is 9.80 Å². The molecule has 0 N–H and O–H groups in total. The van der Waals surface area contributed by atoms with Crippen molar-refractivity contribution in [2.24, 2.45) is 0 Å². The first-order chi connectivity index (χ1) is 13.6. The van der Waals surface area contributed by atoms with E-state index < -0.39 is 0 Å². The quantitative estimate of drug-likeness (QED) is 0.769. The van der Waals surface area contributed by atoms with Gasteiger partial charge < -0.3 is 14.4 Å². The van der Waals surface area contributed by atoms with E-state index in [0.29, 0.717) is 17.9 Å². The van der Waals surface area contributed by atoms with Crippen LogP contribution in [0.15, 0.2) is 42.5 Å². The van der Waals surface area contributed by atoms with Gasteiger partial charge in [-0.05, 0) is 42.2 Å². The van der Waals surface area contributed by atoms with E-state index in [1.807, 2.05) is 23.1 Å². The van der Waals surface area contributed by atoms with Crippen LogP contribution < -0.4 is 9.47 Å². The van der Waals surface area contributed by atoms with E-state index >= 15 is 0 Å². The van der Waals surface area contributed by atoms with E-state index in [1.165, 1.54) is 11.1 Å². The summed E-state index contributed by atoms with van der Waals surface area (Å²) in [4.78, 5) is 17.3. The standard InChI is InChI=1S/C23H30N2O3/c1-18-7-4-5-8-20(18)17-24-11-6-12-25(14-13-24)23(26)16-19-9-10-21(27-2)22(15-19)28-3/h4-5,7-10,15H,6,11-14,16-17H2,1-3H3. The Morgan fingerprint density at radius 1 is 0.964 bits per heavy atom. The summed E-state index contributed by atoms with van der Waals surface area (Å²) in [6, 6.07) is 14.2. The molecule has 1 saturated heterocycles. The lowest BCUT2D eigenvalue weighted by atomic mass is 10.1. The predicted octanol–water partition coefficient (Wildman–Crippen LogP) is 3.29. The summed E-state index contributed by atoms with van der Waals surface area (Å²) in [6.07, 6.45) is 1.39. The summed E-state index contributed by atoms with van der Waals surface area (Å²) in [5.74, 6) is 1.51. The molecule has 0 aromatic heterocycles. The number of hydrogen-bond donors (Lipinski definition) is 0. The summed E-state index contributed by atoms with van der Waals surface area (Å²) < 4.78 is 10.6. The molecule has 5 nitrogen and oxygen atoms in total. The second kappa shape index (κ2) is 9.60. The number of ether oxygens (including phenoxy) is 2. The second-order valence-corrected chi connectivity index (χ2v) is 7.30. The molecule has 1 heterocycles. The molecule has 0 bridgehead atoms. The average Bonchev–Trinajstić information content (AvgIpc) is 2.95. The molecule has 28 heavy (non-hydrogen) atoms. The van der Waals surface area contributed by atoms with Crippen molar-refractivity contribution in [1.29, 1.82) is 0 Å². The Labute approximate surface area is 167 Å². The van der Waals surface area contributed by atoms with Gasteiger partial charge in [-0.25, -0.2) is 0 Å². The number of carbonyl (C=O) groups is 1. The van der Waals surface area contributed by atoms with Gasteiger partial charge in [-0.3, -0.25) is 9.69 Å². The molecule has 0 unspecified atom stereocenters. The zero-order valence-corrected chi connectivity index (χ0v) is 17.1. The first-order valence-corrected chi connectivity index (χ1v) is 9.86. The van der Waals surface area contributed by atoms with Crippen LogP contribution in [-0.2, 0) is 17.8 Å². The Bertz CT molecular complexity index is 806. The highest BCUT2D eigenvalue weighted by molar-refractivity contribution is 5.79. The number of carbonyl (C=O) groups excluding carboxylic acids is 1. The van der Waals surface area contributed by atoms with Gasteiger partial charge in [-0.15, -0.1) is 0 Å². The fraction of sp³-hybridized carbons (Fsp3) is 0.435. The van der Waals surface area contributed by atoms with E-state index in [2.05, 4.69) is 36.1 Å². The molecule has 0 aliphatic carbocycles. The maximum absolute atomic E-state index is 12.8. The third-order valence-electron chi connectivity index (χ3n) is 5.40. The normalized spacial score (nSPS) is 15.2. The van der Waals surface area contributed by atoms with Crippen molar-refractivity contribution in [3.05, 3.63) is 59.2 Å². The van der Waals surface area contributed by atoms with E-state index in [0.717, 1.165) is 44.7 Å². The summed E-state index contributed by atoms with van der Waals surface area (Å²) in [6.45, 7) is 6.63. The molecule has 0 saturated carbocycles. The minimum atomic E-state index is 0.171. The molecule has 1 amide bonds. The number of hydrogen-bond acceptors (Lipinski definition) is 4. The van der Waals surface area contributed by atoms with Crippen LogP contribution >= 0.6 is 0 Å². The van der Waals surface area contributed by atoms with Gasteiger partial charge in [0.05, 0.1) is 20.6 Å². The average molecular weight is 383 g/mol. The molecule has 1 aliphatic rings. The van der Waals surface area contributed by atoms with Gasteiger partial charge in [0, 0.05) is 32.7 Å². The van der Waals surface area contributed by atoms with Gasteiger partial charge in [-0.2, -0.15) is 0 Å². The van der Waals surface area contributed by atoms with Crippen molar-refractivity contribution in [2.45, 2.75) is 26.3 Å². The number of amides is 1. The number of methoxy groups -OCH3 is 2. The SMILES string of the molecule is COc1ccc(CC(=O)N2CCCN(Cc3ccccc3C)CC2)cc1OC. The first kappa shape index (κ1) is 20.2. The highest BCUT2D eigenvalue weighted by atomic mass is 16.5. The zero-order chi connectivity index (χ0) is 19.9. The fourth-order valence-electron chi connectivity index (χ4n) is 3.68. The topological polar surface area (TPSA) is 42.0 Å². The van der Waals surface area contributed by atoms with Gasteiger partial charge >= 0.3 is 0 Å². The van der Waals surface area contributed by atoms with Crippen molar-refractivity contribution in [3.8, 4) is 11.5 Å². The number of aryl methyl sites for hydroxylation is 1. The Morgan fingerprint density at radius 3 is 2.50 bits per heavy atom. The zero-order valence-electron chi connectivity index (χ0n) is 17.1. The third kappa shape index (κ3) is 5.04. The molecule has 2 aromatic carbocycles. The van der Waals surface area contributed by atoms with Gasteiger partial charge in [-0.1, -0.05) is 30.3 Å². The van der Waals surface area contributed by atoms with Crippen molar-refractivity contribution in [2.75, 3.05) is 40.4 Å². The Kier molecular flexibility index (Phi) is 6.93. The summed E-state index contributed by atoms with van der Waals surface area (Å²) in [5.41, 5.74) is 3.64. The van der Waals surface area contributed by atoms with Crippen LogP contribution in [0.25, 0.3) is 0 Å². The van der Waals surface area contributed by atoms with Crippen LogP contribution in [0.3, 0.4) is 0 Å². The molecule has 1 fully saturated rings. The van der Waals surface area contributed by atoms with Crippen LogP contribution in [0.5, 0.6) is 11.5 Å².